The van der Waals surface area contributed by atoms with E-state index in [1.807, 2.05) is 24.9 Å². The van der Waals surface area contributed by atoms with Gasteiger partial charge in [0.2, 0.25) is 5.91 Å². The van der Waals surface area contributed by atoms with E-state index in [1.165, 1.54) is 22.4 Å². The first-order valence-electron chi connectivity index (χ1n) is 9.04. The molecule has 1 aromatic heterocycles. The van der Waals surface area contributed by atoms with E-state index in [-0.39, 0.29) is 18.6 Å². The number of aromatic nitrogens is 2. The lowest BCUT2D eigenvalue weighted by molar-refractivity contribution is -0.138. The number of amides is 1. The summed E-state index contributed by atoms with van der Waals surface area (Å²) in [6.07, 6.45) is 3.91. The van der Waals surface area contributed by atoms with Crippen LogP contribution in [-0.2, 0) is 9.53 Å². The second kappa shape index (κ2) is 7.83. The third-order valence-electron chi connectivity index (χ3n) is 4.79. The van der Waals surface area contributed by atoms with E-state index in [0.29, 0.717) is 5.92 Å². The molecule has 1 N–H and O–H groups in total. The molecular formula is C20H27N3O2. The highest BCUT2D eigenvalue weighted by atomic mass is 16.5. The average molecular weight is 341 g/mol. The fourth-order valence-electron chi connectivity index (χ4n) is 3.40. The maximum Gasteiger partial charge on any atom is 0.248 e. The summed E-state index contributed by atoms with van der Waals surface area (Å²) in [7, 11) is 0. The van der Waals surface area contributed by atoms with Crippen molar-refractivity contribution >= 4 is 5.91 Å². The Labute approximate surface area is 149 Å². The topological polar surface area (TPSA) is 58.2 Å². The molecule has 5 heteroatoms. The Morgan fingerprint density at radius 2 is 2.12 bits per heavy atom. The van der Waals surface area contributed by atoms with Crippen molar-refractivity contribution in [1.82, 2.24) is 15.1 Å². The van der Waals surface area contributed by atoms with Crippen LogP contribution in [0, 0.1) is 6.92 Å². The van der Waals surface area contributed by atoms with Crippen LogP contribution in [0.5, 0.6) is 0 Å². The molecule has 0 unspecified atom stereocenters. The van der Waals surface area contributed by atoms with Crippen LogP contribution in [0.25, 0.3) is 11.1 Å². The number of ether oxygens (including phenoxy) is 1. The molecule has 1 saturated heterocycles. The van der Waals surface area contributed by atoms with Crippen LogP contribution in [0.4, 0.5) is 0 Å². The van der Waals surface area contributed by atoms with Crippen molar-refractivity contribution in [2.45, 2.75) is 45.6 Å². The van der Waals surface area contributed by atoms with Crippen LogP contribution < -0.4 is 0 Å². The summed E-state index contributed by atoms with van der Waals surface area (Å²) < 4.78 is 5.44. The number of aryl methyl sites for hydroxylation is 1. The minimum Gasteiger partial charge on any atom is -0.369 e. The highest BCUT2D eigenvalue weighted by Gasteiger charge is 2.26. The quantitative estimate of drug-likeness (QED) is 0.905. The Morgan fingerprint density at radius 3 is 2.80 bits per heavy atom. The Morgan fingerprint density at radius 1 is 1.36 bits per heavy atom. The number of nitrogens with zero attached hydrogens (tertiary/aromatic N) is 2. The molecule has 1 amide bonds. The second-order valence-corrected chi connectivity index (χ2v) is 7.08. The molecule has 0 saturated carbocycles. The third kappa shape index (κ3) is 4.28. The van der Waals surface area contributed by atoms with Gasteiger partial charge in [-0.05, 0) is 39.2 Å². The summed E-state index contributed by atoms with van der Waals surface area (Å²) in [6, 6.07) is 8.50. The smallest absolute Gasteiger partial charge is 0.248 e. The molecule has 134 valence electrons. The maximum atomic E-state index is 12.2. The molecule has 3 rings (SSSR count). The maximum absolute atomic E-state index is 12.2. The zero-order valence-corrected chi connectivity index (χ0v) is 15.3. The minimum atomic E-state index is 0.0865. The van der Waals surface area contributed by atoms with Crippen LogP contribution in [0.3, 0.4) is 0 Å². The van der Waals surface area contributed by atoms with Gasteiger partial charge in [-0.15, -0.1) is 0 Å². The normalized spacial score (nSPS) is 15.8. The van der Waals surface area contributed by atoms with Crippen LogP contribution >= 0.6 is 0 Å². The zero-order valence-electron chi connectivity index (χ0n) is 15.3. The molecule has 5 nitrogen and oxygen atoms in total. The predicted octanol–water partition coefficient (Wildman–Crippen LogP) is 3.52. The Kier molecular flexibility index (Phi) is 5.53. The van der Waals surface area contributed by atoms with Crippen LogP contribution in [0.1, 0.15) is 43.9 Å². The van der Waals surface area contributed by atoms with Crippen LogP contribution in [0.2, 0.25) is 0 Å². The summed E-state index contributed by atoms with van der Waals surface area (Å²) >= 11 is 0. The van der Waals surface area contributed by atoms with E-state index in [1.54, 1.807) is 0 Å². The Bertz CT molecular complexity index is 715. The highest BCUT2D eigenvalue weighted by Crippen LogP contribution is 2.34. The number of carbonyl (C=O) groups excluding carboxylic acids is 1. The first-order valence-corrected chi connectivity index (χ1v) is 9.04. The summed E-state index contributed by atoms with van der Waals surface area (Å²) in [4.78, 5) is 14.1. The van der Waals surface area contributed by atoms with Gasteiger partial charge in [0.1, 0.15) is 6.61 Å². The molecule has 1 aromatic carbocycles. The SMILES string of the molecule is Cc1cccc(-c2cn[nH]c2C2CCN(C(=O)COC(C)C)CC2)c1. The monoisotopic (exact) mass is 341 g/mol. The molecule has 1 aliphatic rings. The van der Waals surface area contributed by atoms with Crippen molar-refractivity contribution in [1.29, 1.82) is 0 Å². The molecule has 0 atom stereocenters. The fraction of sp³-hybridized carbons (Fsp3) is 0.500. The van der Waals surface area contributed by atoms with Gasteiger partial charge in [0, 0.05) is 30.3 Å². The largest absolute Gasteiger partial charge is 0.369 e. The van der Waals surface area contributed by atoms with Crippen molar-refractivity contribution in [2.75, 3.05) is 19.7 Å². The predicted molar refractivity (Wildman–Crippen MR) is 98.4 cm³/mol. The molecular weight excluding hydrogens is 314 g/mol. The highest BCUT2D eigenvalue weighted by molar-refractivity contribution is 5.77. The summed E-state index contributed by atoms with van der Waals surface area (Å²) in [5.74, 6) is 0.503. The number of rotatable bonds is 5. The molecule has 2 heterocycles. The number of carbonyl (C=O) groups is 1. The lowest BCUT2D eigenvalue weighted by atomic mass is 9.89. The van der Waals surface area contributed by atoms with Crippen LogP contribution in [0.15, 0.2) is 30.5 Å². The summed E-state index contributed by atoms with van der Waals surface area (Å²) in [5, 5.41) is 7.48. The van der Waals surface area contributed by atoms with Crippen molar-refractivity contribution in [3.8, 4) is 11.1 Å². The minimum absolute atomic E-state index is 0.0865. The number of nitrogens with one attached hydrogen (secondary N) is 1. The van der Waals surface area contributed by atoms with Gasteiger partial charge in [0.05, 0.1) is 12.3 Å². The number of piperidine rings is 1. The van der Waals surface area contributed by atoms with Crippen LogP contribution in [-0.4, -0.2) is 46.8 Å². The van der Waals surface area contributed by atoms with Gasteiger partial charge in [0.15, 0.2) is 0 Å². The lowest BCUT2D eigenvalue weighted by Gasteiger charge is -2.32. The van der Waals surface area contributed by atoms with Crippen molar-refractivity contribution < 1.29 is 9.53 Å². The zero-order chi connectivity index (χ0) is 17.8. The molecule has 0 spiro atoms. The van der Waals surface area contributed by atoms with E-state index in [9.17, 15) is 4.79 Å². The molecule has 1 fully saturated rings. The van der Waals surface area contributed by atoms with Gasteiger partial charge in [-0.25, -0.2) is 0 Å². The van der Waals surface area contributed by atoms with E-state index >= 15 is 0 Å². The first kappa shape index (κ1) is 17.7. The third-order valence-corrected chi connectivity index (χ3v) is 4.79. The van der Waals surface area contributed by atoms with E-state index in [2.05, 4.69) is 41.4 Å². The number of H-pyrrole nitrogens is 1. The standard InChI is InChI=1S/C20H27N3O2/c1-14(2)25-13-19(24)23-9-7-16(8-10-23)20-18(12-21-22-20)17-6-4-5-15(3)11-17/h4-6,11-12,14,16H,7-10,13H2,1-3H3,(H,21,22). The lowest BCUT2D eigenvalue weighted by Crippen LogP contribution is -2.40. The molecule has 25 heavy (non-hydrogen) atoms. The Balaban J connectivity index is 1.64. The molecule has 0 aliphatic carbocycles. The van der Waals surface area contributed by atoms with Crippen molar-refractivity contribution in [3.63, 3.8) is 0 Å². The van der Waals surface area contributed by atoms with Gasteiger partial charge < -0.3 is 9.64 Å². The number of hydrogen-bond donors (Lipinski definition) is 1. The number of aromatic amines is 1. The summed E-state index contributed by atoms with van der Waals surface area (Å²) in [5.41, 5.74) is 4.82. The van der Waals surface area contributed by atoms with Gasteiger partial charge in [-0.1, -0.05) is 29.8 Å². The van der Waals surface area contributed by atoms with Gasteiger partial charge in [-0.2, -0.15) is 5.10 Å². The number of benzene rings is 1. The molecule has 1 aliphatic heterocycles. The van der Waals surface area contributed by atoms with Gasteiger partial charge >= 0.3 is 0 Å². The van der Waals surface area contributed by atoms with Gasteiger partial charge in [0.25, 0.3) is 0 Å². The van der Waals surface area contributed by atoms with E-state index < -0.39 is 0 Å². The Hall–Kier alpha value is -2.14. The number of hydrogen-bond acceptors (Lipinski definition) is 3. The van der Waals surface area contributed by atoms with E-state index in [4.69, 9.17) is 4.74 Å². The van der Waals surface area contributed by atoms with Gasteiger partial charge in [-0.3, -0.25) is 9.89 Å². The fourth-order valence-corrected chi connectivity index (χ4v) is 3.40. The summed E-state index contributed by atoms with van der Waals surface area (Å²) in [6.45, 7) is 7.73. The van der Waals surface area contributed by atoms with E-state index in [0.717, 1.165) is 25.9 Å². The number of likely N-dealkylation sites (tertiary alicyclic amines) is 1. The molecule has 0 bridgehead atoms. The molecule has 2 aromatic rings. The van der Waals surface area contributed by atoms with Crippen molar-refractivity contribution in [2.24, 2.45) is 0 Å². The average Bonchev–Trinajstić information content (AvgIpc) is 3.09. The first-order chi connectivity index (χ1) is 12.0. The van der Waals surface area contributed by atoms with Crippen molar-refractivity contribution in [3.05, 3.63) is 41.7 Å². The molecule has 0 radical (unpaired) electrons. The second-order valence-electron chi connectivity index (χ2n) is 7.08.